The number of nitrogens with one attached hydrogen (secondary N) is 1. The van der Waals surface area contributed by atoms with Gasteiger partial charge in [0.25, 0.3) is 5.91 Å². The molecule has 4 nitrogen and oxygen atoms in total. The average Bonchev–Trinajstić information content (AvgIpc) is 2.42. The molecule has 2 rings (SSSR count). The maximum Gasteiger partial charge on any atom is 0.257 e. The van der Waals surface area contributed by atoms with Crippen LogP contribution in [0.1, 0.15) is 10.4 Å². The molecule has 1 aliphatic heterocycles. The van der Waals surface area contributed by atoms with Gasteiger partial charge in [-0.1, -0.05) is 6.07 Å². The van der Waals surface area contributed by atoms with Gasteiger partial charge >= 0.3 is 0 Å². The highest BCUT2D eigenvalue weighted by molar-refractivity contribution is 9.10. The van der Waals surface area contributed by atoms with Crippen LogP contribution in [0.3, 0.4) is 0 Å². The first-order valence-electron chi connectivity index (χ1n) is 6.13. The highest BCUT2D eigenvalue weighted by Crippen LogP contribution is 2.20. The van der Waals surface area contributed by atoms with Crippen molar-refractivity contribution in [3.63, 3.8) is 0 Å². The van der Waals surface area contributed by atoms with Crippen LogP contribution >= 0.6 is 15.9 Å². The molecule has 1 heterocycles. The van der Waals surface area contributed by atoms with Gasteiger partial charge in [0.15, 0.2) is 0 Å². The summed E-state index contributed by atoms with van der Waals surface area (Å²) in [5.41, 5.74) is 0.0967. The Morgan fingerprint density at radius 2 is 2.42 bits per heavy atom. The number of ether oxygens (including phenoxy) is 1. The summed E-state index contributed by atoms with van der Waals surface area (Å²) >= 11 is 3.09. The van der Waals surface area contributed by atoms with E-state index in [1.54, 1.807) is 17.0 Å². The van der Waals surface area contributed by atoms with Crippen LogP contribution in [-0.4, -0.2) is 50.2 Å². The van der Waals surface area contributed by atoms with Gasteiger partial charge in [-0.3, -0.25) is 4.79 Å². The number of morpholine rings is 1. The Kier molecular flexibility index (Phi) is 4.90. The lowest BCUT2D eigenvalue weighted by Gasteiger charge is -2.33. The number of likely N-dealkylation sites (N-methyl/N-ethyl adjacent to an activating group) is 1. The number of nitrogens with zero attached hydrogens (tertiary/aromatic N) is 1. The van der Waals surface area contributed by atoms with E-state index < -0.39 is 5.82 Å². The van der Waals surface area contributed by atoms with E-state index in [4.69, 9.17) is 4.74 Å². The van der Waals surface area contributed by atoms with Crippen LogP contribution in [0.4, 0.5) is 4.39 Å². The van der Waals surface area contributed by atoms with Gasteiger partial charge in [0.05, 0.1) is 22.7 Å². The molecule has 104 valence electrons. The van der Waals surface area contributed by atoms with E-state index in [0.717, 1.165) is 0 Å². The van der Waals surface area contributed by atoms with Gasteiger partial charge in [0.2, 0.25) is 0 Å². The molecule has 1 N–H and O–H groups in total. The Hall–Kier alpha value is -0.980. The van der Waals surface area contributed by atoms with Crippen LogP contribution in [0.5, 0.6) is 0 Å². The standard InChI is InChI=1S/C13H16BrFN2O2/c1-16-7-9-8-17(5-6-19-9)13(18)10-3-2-4-11(14)12(10)15/h2-4,9,16H,5-8H2,1H3. The number of carbonyl (C=O) groups is 1. The van der Waals surface area contributed by atoms with Crippen LogP contribution in [0, 0.1) is 5.82 Å². The highest BCUT2D eigenvalue weighted by atomic mass is 79.9. The lowest BCUT2D eigenvalue weighted by Crippen LogP contribution is -2.48. The minimum Gasteiger partial charge on any atom is -0.373 e. The summed E-state index contributed by atoms with van der Waals surface area (Å²) in [4.78, 5) is 13.9. The van der Waals surface area contributed by atoms with Crippen LogP contribution in [0.15, 0.2) is 22.7 Å². The lowest BCUT2D eigenvalue weighted by atomic mass is 10.1. The molecular formula is C13H16BrFN2O2. The molecule has 1 unspecified atom stereocenters. The largest absolute Gasteiger partial charge is 0.373 e. The zero-order chi connectivity index (χ0) is 13.8. The van der Waals surface area contributed by atoms with Crippen molar-refractivity contribution in [1.82, 2.24) is 10.2 Å². The van der Waals surface area contributed by atoms with E-state index in [1.807, 2.05) is 7.05 Å². The first kappa shape index (κ1) is 14.4. The summed E-state index contributed by atoms with van der Waals surface area (Å²) in [5.74, 6) is -0.799. The fourth-order valence-electron chi connectivity index (χ4n) is 2.09. The second kappa shape index (κ2) is 6.45. The van der Waals surface area contributed by atoms with Crippen molar-refractivity contribution in [3.8, 4) is 0 Å². The van der Waals surface area contributed by atoms with E-state index in [2.05, 4.69) is 21.2 Å². The van der Waals surface area contributed by atoms with E-state index in [-0.39, 0.29) is 17.6 Å². The molecular weight excluding hydrogens is 315 g/mol. The minimum absolute atomic E-state index is 0.0436. The zero-order valence-corrected chi connectivity index (χ0v) is 12.2. The molecule has 0 bridgehead atoms. The smallest absolute Gasteiger partial charge is 0.257 e. The Balaban J connectivity index is 2.12. The van der Waals surface area contributed by atoms with Crippen molar-refractivity contribution >= 4 is 21.8 Å². The number of rotatable bonds is 3. The number of hydrogen-bond donors (Lipinski definition) is 1. The molecule has 1 fully saturated rings. The predicted octanol–water partition coefficient (Wildman–Crippen LogP) is 1.65. The van der Waals surface area contributed by atoms with Crippen molar-refractivity contribution in [2.75, 3.05) is 33.3 Å². The molecule has 1 amide bonds. The quantitative estimate of drug-likeness (QED) is 0.916. The number of hydrogen-bond acceptors (Lipinski definition) is 3. The summed E-state index contributed by atoms with van der Waals surface area (Å²) in [5, 5.41) is 3.01. The summed E-state index contributed by atoms with van der Waals surface area (Å²) < 4.78 is 19.7. The first-order valence-corrected chi connectivity index (χ1v) is 6.92. The van der Waals surface area contributed by atoms with Gasteiger partial charge in [-0.2, -0.15) is 0 Å². The molecule has 1 atom stereocenters. The van der Waals surface area contributed by atoms with Gasteiger partial charge in [-0.15, -0.1) is 0 Å². The Labute approximate surface area is 120 Å². The van der Waals surface area contributed by atoms with Crippen LogP contribution in [0.2, 0.25) is 0 Å². The third-order valence-electron chi connectivity index (χ3n) is 3.04. The molecule has 1 aromatic carbocycles. The maximum absolute atomic E-state index is 13.9. The summed E-state index contributed by atoms with van der Waals surface area (Å²) in [6.45, 7) is 2.12. The molecule has 1 saturated heterocycles. The van der Waals surface area contributed by atoms with Crippen LogP contribution < -0.4 is 5.32 Å². The van der Waals surface area contributed by atoms with Crippen molar-refractivity contribution in [2.24, 2.45) is 0 Å². The fraction of sp³-hybridized carbons (Fsp3) is 0.462. The van der Waals surface area contributed by atoms with E-state index in [0.29, 0.717) is 30.7 Å². The Bertz CT molecular complexity index is 468. The summed E-state index contributed by atoms with van der Waals surface area (Å²) in [6.07, 6.45) is -0.0436. The van der Waals surface area contributed by atoms with Crippen LogP contribution in [-0.2, 0) is 4.74 Å². The Morgan fingerprint density at radius 3 is 3.16 bits per heavy atom. The molecule has 0 spiro atoms. The fourth-order valence-corrected chi connectivity index (χ4v) is 2.46. The average molecular weight is 331 g/mol. The maximum atomic E-state index is 13.9. The van der Waals surface area contributed by atoms with E-state index in [9.17, 15) is 9.18 Å². The Morgan fingerprint density at radius 1 is 1.63 bits per heavy atom. The molecule has 1 aromatic rings. The topological polar surface area (TPSA) is 41.6 Å². The molecule has 0 radical (unpaired) electrons. The molecule has 0 aromatic heterocycles. The van der Waals surface area contributed by atoms with Gasteiger partial charge in [0.1, 0.15) is 5.82 Å². The second-order valence-electron chi connectivity index (χ2n) is 4.40. The number of carbonyl (C=O) groups excluding carboxylic acids is 1. The third-order valence-corrected chi connectivity index (χ3v) is 3.65. The van der Waals surface area contributed by atoms with Crippen molar-refractivity contribution in [3.05, 3.63) is 34.1 Å². The first-order chi connectivity index (χ1) is 9.13. The number of amides is 1. The molecule has 6 heteroatoms. The third kappa shape index (κ3) is 3.32. The van der Waals surface area contributed by atoms with Gasteiger partial charge in [-0.25, -0.2) is 4.39 Å². The van der Waals surface area contributed by atoms with Crippen molar-refractivity contribution in [2.45, 2.75) is 6.10 Å². The predicted molar refractivity (Wildman–Crippen MR) is 73.7 cm³/mol. The van der Waals surface area contributed by atoms with Gasteiger partial charge in [-0.05, 0) is 35.1 Å². The highest BCUT2D eigenvalue weighted by Gasteiger charge is 2.26. The van der Waals surface area contributed by atoms with Gasteiger partial charge in [0, 0.05) is 19.6 Å². The summed E-state index contributed by atoms with van der Waals surface area (Å²) in [6, 6.07) is 4.74. The molecule has 19 heavy (non-hydrogen) atoms. The monoisotopic (exact) mass is 330 g/mol. The second-order valence-corrected chi connectivity index (χ2v) is 5.26. The van der Waals surface area contributed by atoms with Crippen LogP contribution in [0.25, 0.3) is 0 Å². The van der Waals surface area contributed by atoms with Crippen molar-refractivity contribution < 1.29 is 13.9 Å². The normalized spacial score (nSPS) is 19.5. The molecule has 0 saturated carbocycles. The van der Waals surface area contributed by atoms with Crippen molar-refractivity contribution in [1.29, 1.82) is 0 Å². The lowest BCUT2D eigenvalue weighted by molar-refractivity contribution is -0.0197. The van der Waals surface area contributed by atoms with E-state index in [1.165, 1.54) is 6.07 Å². The molecule has 0 aliphatic carbocycles. The minimum atomic E-state index is -0.510. The number of halogens is 2. The van der Waals surface area contributed by atoms with Gasteiger partial charge < -0.3 is 15.0 Å². The molecule has 1 aliphatic rings. The summed E-state index contributed by atoms with van der Waals surface area (Å²) in [7, 11) is 1.83. The van der Waals surface area contributed by atoms with E-state index >= 15 is 0 Å². The SMILES string of the molecule is CNCC1CN(C(=O)c2cccc(Br)c2F)CCO1. The zero-order valence-electron chi connectivity index (χ0n) is 10.7. The number of benzene rings is 1.